The Morgan fingerprint density at radius 2 is 2.00 bits per heavy atom. The molecule has 5 nitrogen and oxygen atoms in total. The molecule has 0 unspecified atom stereocenters. The van der Waals surface area contributed by atoms with Gasteiger partial charge < -0.3 is 9.26 Å². The average Bonchev–Trinajstić information content (AvgIpc) is 2.39. The standard InChI is InChI=1S/C13H16NO4P/c1-4-18-19(3,16)12(9-14)13(15)10-5-7-11(17-2)8-6-10/h5-8,12H,4H2,1-3H3/t12-,19+/m1/s1. The predicted octanol–water partition coefficient (Wildman–Crippen LogP) is 2.71. The first kappa shape index (κ1) is 15.4. The van der Waals surface area contributed by atoms with E-state index in [1.807, 2.05) is 0 Å². The summed E-state index contributed by atoms with van der Waals surface area (Å²) < 4.78 is 22.2. The van der Waals surface area contributed by atoms with Crippen LogP contribution in [0.4, 0.5) is 0 Å². The summed E-state index contributed by atoms with van der Waals surface area (Å²) in [5.74, 6) is 0.110. The van der Waals surface area contributed by atoms with Gasteiger partial charge in [-0.1, -0.05) is 0 Å². The molecule has 2 atom stereocenters. The molecule has 102 valence electrons. The number of hydrogen-bond acceptors (Lipinski definition) is 5. The van der Waals surface area contributed by atoms with E-state index in [-0.39, 0.29) is 6.61 Å². The van der Waals surface area contributed by atoms with Crippen molar-refractivity contribution in [2.75, 3.05) is 20.4 Å². The van der Waals surface area contributed by atoms with E-state index in [1.165, 1.54) is 25.9 Å². The van der Waals surface area contributed by atoms with Gasteiger partial charge >= 0.3 is 0 Å². The van der Waals surface area contributed by atoms with Gasteiger partial charge in [-0.3, -0.25) is 9.36 Å². The molecular weight excluding hydrogens is 265 g/mol. The number of methoxy groups -OCH3 is 1. The van der Waals surface area contributed by atoms with Gasteiger partial charge in [-0.25, -0.2) is 0 Å². The smallest absolute Gasteiger partial charge is 0.224 e. The van der Waals surface area contributed by atoms with Crippen LogP contribution in [0.25, 0.3) is 0 Å². The van der Waals surface area contributed by atoms with Gasteiger partial charge in [0.25, 0.3) is 0 Å². The number of carbonyl (C=O) groups excluding carboxylic acids is 1. The SMILES string of the molecule is CCO[P@](C)(=O)[C@H](C#N)C(=O)c1ccc(OC)cc1. The van der Waals surface area contributed by atoms with Crippen LogP contribution in [-0.2, 0) is 9.09 Å². The quantitative estimate of drug-likeness (QED) is 0.592. The molecule has 0 bridgehead atoms. The fourth-order valence-electron chi connectivity index (χ4n) is 1.62. The number of nitrogens with zero attached hydrogens (tertiary/aromatic N) is 1. The molecule has 0 amide bonds. The molecule has 1 aromatic carbocycles. The fraction of sp³-hybridized carbons (Fsp3) is 0.385. The van der Waals surface area contributed by atoms with Crippen molar-refractivity contribution in [2.24, 2.45) is 0 Å². The number of benzene rings is 1. The number of ether oxygens (including phenoxy) is 1. The van der Waals surface area contributed by atoms with E-state index in [4.69, 9.17) is 14.5 Å². The van der Waals surface area contributed by atoms with Crippen molar-refractivity contribution in [3.05, 3.63) is 29.8 Å². The van der Waals surface area contributed by atoms with Gasteiger partial charge in [0.2, 0.25) is 7.37 Å². The van der Waals surface area contributed by atoms with Gasteiger partial charge in [-0.05, 0) is 31.2 Å². The Balaban J connectivity index is 3.02. The van der Waals surface area contributed by atoms with Crippen LogP contribution in [0.15, 0.2) is 24.3 Å². The second-order valence-electron chi connectivity index (χ2n) is 3.95. The molecule has 0 heterocycles. The summed E-state index contributed by atoms with van der Waals surface area (Å²) in [6.45, 7) is 3.18. The van der Waals surface area contributed by atoms with Gasteiger partial charge in [-0.2, -0.15) is 5.26 Å². The second kappa shape index (κ2) is 6.51. The molecule has 0 aliphatic heterocycles. The largest absolute Gasteiger partial charge is 0.497 e. The van der Waals surface area contributed by atoms with Crippen LogP contribution < -0.4 is 4.74 Å². The first-order valence-electron chi connectivity index (χ1n) is 5.76. The van der Waals surface area contributed by atoms with Crippen molar-refractivity contribution in [1.29, 1.82) is 5.26 Å². The maximum absolute atomic E-state index is 12.2. The third kappa shape index (κ3) is 3.66. The lowest BCUT2D eigenvalue weighted by Gasteiger charge is -2.17. The van der Waals surface area contributed by atoms with Crippen LogP contribution in [0.2, 0.25) is 0 Å². The van der Waals surface area contributed by atoms with E-state index >= 15 is 0 Å². The monoisotopic (exact) mass is 281 g/mol. The van der Waals surface area contributed by atoms with Crippen LogP contribution in [-0.4, -0.2) is 31.8 Å². The zero-order valence-electron chi connectivity index (χ0n) is 11.1. The summed E-state index contributed by atoms with van der Waals surface area (Å²) in [7, 11) is -1.77. The molecule has 1 rings (SSSR count). The topological polar surface area (TPSA) is 76.4 Å². The summed E-state index contributed by atoms with van der Waals surface area (Å²) in [6, 6.07) is 8.09. The van der Waals surface area contributed by atoms with Crippen molar-refractivity contribution in [3.8, 4) is 11.8 Å². The Morgan fingerprint density at radius 1 is 1.42 bits per heavy atom. The molecule has 0 fully saturated rings. The molecule has 0 aliphatic rings. The first-order valence-corrected chi connectivity index (χ1v) is 7.90. The highest BCUT2D eigenvalue weighted by Gasteiger charge is 2.36. The molecule has 6 heteroatoms. The minimum Gasteiger partial charge on any atom is -0.497 e. The highest BCUT2D eigenvalue weighted by atomic mass is 31.2. The Hall–Kier alpha value is -1.63. The van der Waals surface area contributed by atoms with Crippen LogP contribution in [0.3, 0.4) is 0 Å². The van der Waals surface area contributed by atoms with Gasteiger partial charge in [0.1, 0.15) is 5.75 Å². The lowest BCUT2D eigenvalue weighted by atomic mass is 10.1. The van der Waals surface area contributed by atoms with Gasteiger partial charge in [0, 0.05) is 12.2 Å². The number of nitriles is 1. The zero-order valence-corrected chi connectivity index (χ0v) is 12.0. The Bertz CT molecular complexity index is 533. The Morgan fingerprint density at radius 3 is 2.42 bits per heavy atom. The molecule has 0 radical (unpaired) electrons. The second-order valence-corrected chi connectivity index (χ2v) is 6.54. The van der Waals surface area contributed by atoms with E-state index in [0.29, 0.717) is 11.3 Å². The van der Waals surface area contributed by atoms with Gasteiger partial charge in [0.15, 0.2) is 11.4 Å². The van der Waals surface area contributed by atoms with E-state index < -0.39 is 18.8 Å². The van der Waals surface area contributed by atoms with Crippen LogP contribution in [0, 0.1) is 11.3 Å². The summed E-state index contributed by atoms with van der Waals surface area (Å²) in [5.41, 5.74) is -0.963. The van der Waals surface area contributed by atoms with Crippen LogP contribution in [0.5, 0.6) is 5.75 Å². The van der Waals surface area contributed by atoms with Gasteiger partial charge in [0.05, 0.1) is 19.8 Å². The lowest BCUT2D eigenvalue weighted by Crippen LogP contribution is -2.20. The number of rotatable bonds is 6. The fourth-order valence-corrected chi connectivity index (χ4v) is 3.07. The van der Waals surface area contributed by atoms with E-state index in [9.17, 15) is 9.36 Å². The zero-order chi connectivity index (χ0) is 14.5. The van der Waals surface area contributed by atoms with E-state index in [2.05, 4.69) is 0 Å². The maximum Gasteiger partial charge on any atom is 0.224 e. The summed E-state index contributed by atoms with van der Waals surface area (Å²) in [6.07, 6.45) is 0. The van der Waals surface area contributed by atoms with E-state index in [1.54, 1.807) is 25.1 Å². The predicted molar refractivity (Wildman–Crippen MR) is 71.9 cm³/mol. The summed E-state index contributed by atoms with van der Waals surface area (Å²) in [4.78, 5) is 12.2. The molecule has 0 spiro atoms. The third-order valence-corrected chi connectivity index (χ3v) is 4.66. The van der Waals surface area contributed by atoms with Crippen molar-refractivity contribution >= 4 is 13.2 Å². The van der Waals surface area contributed by atoms with Crippen LogP contribution >= 0.6 is 7.37 Å². The highest BCUT2D eigenvalue weighted by Crippen LogP contribution is 2.48. The minimum atomic E-state index is -3.28. The Kier molecular flexibility index (Phi) is 5.29. The van der Waals surface area contributed by atoms with Crippen molar-refractivity contribution in [3.63, 3.8) is 0 Å². The van der Waals surface area contributed by atoms with Crippen LogP contribution in [0.1, 0.15) is 17.3 Å². The molecule has 1 aromatic rings. The molecular formula is C13H16NO4P. The first-order chi connectivity index (χ1) is 8.96. The van der Waals surface area contributed by atoms with Gasteiger partial charge in [-0.15, -0.1) is 0 Å². The number of hydrogen-bond donors (Lipinski definition) is 0. The lowest BCUT2D eigenvalue weighted by molar-refractivity contribution is 0.0996. The number of Topliss-reactive ketones (excluding diaryl/α,β-unsaturated/α-hetero) is 1. The van der Waals surface area contributed by atoms with E-state index in [0.717, 1.165) is 0 Å². The molecule has 0 saturated carbocycles. The Labute approximate surface area is 112 Å². The van der Waals surface area contributed by atoms with Crippen molar-refractivity contribution in [1.82, 2.24) is 0 Å². The summed E-state index contributed by atoms with van der Waals surface area (Å²) >= 11 is 0. The molecule has 0 aromatic heterocycles. The summed E-state index contributed by atoms with van der Waals surface area (Å²) in [5, 5.41) is 9.07. The highest BCUT2D eigenvalue weighted by molar-refractivity contribution is 7.60. The average molecular weight is 281 g/mol. The third-order valence-electron chi connectivity index (χ3n) is 2.60. The van der Waals surface area contributed by atoms with Crippen molar-refractivity contribution < 1.29 is 18.6 Å². The normalized spacial score (nSPS) is 15.1. The number of ketones is 1. The molecule has 0 saturated heterocycles. The minimum absolute atomic E-state index is 0.196. The molecule has 0 N–H and O–H groups in total. The number of carbonyl (C=O) groups is 1. The molecule has 0 aliphatic carbocycles. The molecule has 19 heavy (non-hydrogen) atoms. The van der Waals surface area contributed by atoms with Crippen molar-refractivity contribution in [2.45, 2.75) is 12.6 Å². The maximum atomic E-state index is 12.2.